The lowest BCUT2D eigenvalue weighted by Gasteiger charge is -2.31. The van der Waals surface area contributed by atoms with Crippen molar-refractivity contribution in [3.8, 4) is 5.75 Å². The smallest absolute Gasteiger partial charge is 0.242 e. The highest BCUT2D eigenvalue weighted by atomic mass is 16.5. The fraction of sp³-hybridized carbons (Fsp3) is 0.440. The Kier molecular flexibility index (Phi) is 8.90. The number of methoxy groups -OCH3 is 1. The molecule has 0 aliphatic heterocycles. The molecule has 1 N–H and O–H groups in total. The highest BCUT2D eigenvalue weighted by Gasteiger charge is 2.28. The number of carbonyl (C=O) groups is 2. The Hall–Kier alpha value is -2.82. The van der Waals surface area contributed by atoms with E-state index in [4.69, 9.17) is 4.74 Å². The predicted octanol–water partition coefficient (Wildman–Crippen LogP) is 4.19. The first-order valence-corrected chi connectivity index (χ1v) is 10.7. The third kappa shape index (κ3) is 6.34. The lowest BCUT2D eigenvalue weighted by molar-refractivity contribution is -0.140. The van der Waals surface area contributed by atoms with Crippen LogP contribution in [0.25, 0.3) is 0 Å². The van der Waals surface area contributed by atoms with Crippen molar-refractivity contribution in [1.29, 1.82) is 0 Å². The molecule has 5 nitrogen and oxygen atoms in total. The number of benzene rings is 2. The van der Waals surface area contributed by atoms with Crippen LogP contribution in [0.4, 0.5) is 0 Å². The molecule has 0 saturated heterocycles. The minimum atomic E-state index is -0.502. The molecule has 0 aliphatic rings. The van der Waals surface area contributed by atoms with E-state index in [1.165, 1.54) is 5.56 Å². The summed E-state index contributed by atoms with van der Waals surface area (Å²) in [5, 5.41) is 2.95. The van der Waals surface area contributed by atoms with Gasteiger partial charge in [0.2, 0.25) is 11.8 Å². The maximum Gasteiger partial charge on any atom is 0.242 e. The van der Waals surface area contributed by atoms with Gasteiger partial charge in [0, 0.05) is 13.1 Å². The predicted molar refractivity (Wildman–Crippen MR) is 121 cm³/mol. The number of nitrogens with one attached hydrogen (secondary N) is 1. The molecular formula is C25H34N2O3. The third-order valence-corrected chi connectivity index (χ3v) is 5.37. The van der Waals surface area contributed by atoms with E-state index >= 15 is 0 Å². The Balaban J connectivity index is 2.28. The Morgan fingerprint density at radius 1 is 1.00 bits per heavy atom. The summed E-state index contributed by atoms with van der Waals surface area (Å²) in [6.45, 7) is 9.05. The third-order valence-electron chi connectivity index (χ3n) is 5.37. The van der Waals surface area contributed by atoms with E-state index in [0.717, 1.165) is 28.9 Å². The highest BCUT2D eigenvalue weighted by molar-refractivity contribution is 5.88. The van der Waals surface area contributed by atoms with Crippen LogP contribution in [0.3, 0.4) is 0 Å². The van der Waals surface area contributed by atoms with Crippen LogP contribution in [0.5, 0.6) is 5.75 Å². The molecule has 0 spiro atoms. The van der Waals surface area contributed by atoms with Crippen molar-refractivity contribution in [3.05, 3.63) is 64.7 Å². The van der Waals surface area contributed by atoms with Gasteiger partial charge in [0.05, 0.1) is 13.5 Å². The van der Waals surface area contributed by atoms with Crippen molar-refractivity contribution in [2.75, 3.05) is 13.7 Å². The van der Waals surface area contributed by atoms with Crippen LogP contribution in [-0.2, 0) is 22.6 Å². The molecule has 0 heterocycles. The maximum atomic E-state index is 13.3. The van der Waals surface area contributed by atoms with E-state index < -0.39 is 6.04 Å². The molecular weight excluding hydrogens is 376 g/mol. The van der Waals surface area contributed by atoms with Crippen LogP contribution in [0.1, 0.15) is 48.9 Å². The van der Waals surface area contributed by atoms with Crippen LogP contribution in [0.2, 0.25) is 0 Å². The van der Waals surface area contributed by atoms with Crippen molar-refractivity contribution in [3.63, 3.8) is 0 Å². The molecule has 2 aromatic carbocycles. The largest absolute Gasteiger partial charge is 0.497 e. The lowest BCUT2D eigenvalue weighted by atomic mass is 10.0. The second kappa shape index (κ2) is 11.4. The summed E-state index contributed by atoms with van der Waals surface area (Å²) >= 11 is 0. The van der Waals surface area contributed by atoms with Crippen molar-refractivity contribution in [2.45, 2.75) is 59.5 Å². The Morgan fingerprint density at radius 2 is 1.67 bits per heavy atom. The zero-order valence-electron chi connectivity index (χ0n) is 18.8. The zero-order chi connectivity index (χ0) is 22.1. The average molecular weight is 411 g/mol. The van der Waals surface area contributed by atoms with E-state index in [0.29, 0.717) is 19.5 Å². The normalized spacial score (nSPS) is 11.6. The van der Waals surface area contributed by atoms with E-state index in [-0.39, 0.29) is 18.2 Å². The summed E-state index contributed by atoms with van der Waals surface area (Å²) in [6.07, 6.45) is 1.69. The van der Waals surface area contributed by atoms with Crippen LogP contribution >= 0.6 is 0 Å². The van der Waals surface area contributed by atoms with Gasteiger partial charge in [-0.25, -0.2) is 0 Å². The summed E-state index contributed by atoms with van der Waals surface area (Å²) in [4.78, 5) is 27.8. The number of amides is 2. The van der Waals surface area contributed by atoms with Gasteiger partial charge < -0.3 is 15.0 Å². The molecule has 5 heteroatoms. The number of hydrogen-bond donors (Lipinski definition) is 1. The van der Waals surface area contributed by atoms with Gasteiger partial charge in [0.25, 0.3) is 0 Å². The average Bonchev–Trinajstić information content (AvgIpc) is 2.75. The summed E-state index contributed by atoms with van der Waals surface area (Å²) in [5.74, 6) is 0.619. The zero-order valence-corrected chi connectivity index (χ0v) is 18.8. The highest BCUT2D eigenvalue weighted by Crippen LogP contribution is 2.18. The van der Waals surface area contributed by atoms with Crippen LogP contribution in [0.15, 0.2) is 42.5 Å². The number of ether oxygens (including phenoxy) is 1. The van der Waals surface area contributed by atoms with Crippen LogP contribution < -0.4 is 10.1 Å². The standard InChI is InChI=1S/C25H34N2O3/c1-6-14-26-25(29)23(7-2)27(17-20-10-12-22(30-5)13-11-20)24(28)16-21-9-8-18(3)19(4)15-21/h8-13,15,23H,6-7,14,16-17H2,1-5H3,(H,26,29)/t23-/m1/s1. The van der Waals surface area contributed by atoms with Crippen molar-refractivity contribution >= 4 is 11.8 Å². The fourth-order valence-electron chi connectivity index (χ4n) is 3.40. The summed E-state index contributed by atoms with van der Waals surface area (Å²) in [7, 11) is 1.62. The van der Waals surface area contributed by atoms with Gasteiger partial charge in [-0.05, 0) is 61.1 Å². The Morgan fingerprint density at radius 3 is 2.23 bits per heavy atom. The summed E-state index contributed by atoms with van der Waals surface area (Å²) < 4.78 is 5.23. The molecule has 0 aromatic heterocycles. The van der Waals surface area contributed by atoms with Gasteiger partial charge >= 0.3 is 0 Å². The minimum Gasteiger partial charge on any atom is -0.497 e. The van der Waals surface area contributed by atoms with Gasteiger partial charge in [-0.2, -0.15) is 0 Å². The molecule has 0 radical (unpaired) electrons. The molecule has 1 atom stereocenters. The van der Waals surface area contributed by atoms with Gasteiger partial charge in [-0.15, -0.1) is 0 Å². The van der Waals surface area contributed by atoms with Crippen LogP contribution in [0, 0.1) is 13.8 Å². The molecule has 2 rings (SSSR count). The van der Waals surface area contributed by atoms with E-state index in [9.17, 15) is 9.59 Å². The fourth-order valence-corrected chi connectivity index (χ4v) is 3.40. The molecule has 30 heavy (non-hydrogen) atoms. The topological polar surface area (TPSA) is 58.6 Å². The molecule has 2 aromatic rings. The van der Waals surface area contributed by atoms with E-state index in [1.54, 1.807) is 12.0 Å². The van der Waals surface area contributed by atoms with E-state index in [1.807, 2.05) is 57.2 Å². The van der Waals surface area contributed by atoms with Gasteiger partial charge in [-0.1, -0.05) is 44.2 Å². The monoisotopic (exact) mass is 410 g/mol. The van der Waals surface area contributed by atoms with Gasteiger partial charge in [0.1, 0.15) is 11.8 Å². The SMILES string of the molecule is CCCNC(=O)[C@@H](CC)N(Cc1ccc(OC)cc1)C(=O)Cc1ccc(C)c(C)c1. The van der Waals surface area contributed by atoms with Crippen molar-refractivity contribution in [2.24, 2.45) is 0 Å². The Bertz CT molecular complexity index is 846. The summed E-state index contributed by atoms with van der Waals surface area (Å²) in [5.41, 5.74) is 4.29. The number of hydrogen-bond acceptors (Lipinski definition) is 3. The van der Waals surface area contributed by atoms with Crippen LogP contribution in [-0.4, -0.2) is 36.4 Å². The second-order valence-electron chi connectivity index (χ2n) is 7.68. The molecule has 0 saturated carbocycles. The second-order valence-corrected chi connectivity index (χ2v) is 7.68. The first kappa shape index (κ1) is 23.5. The van der Waals surface area contributed by atoms with Crippen molar-refractivity contribution < 1.29 is 14.3 Å². The van der Waals surface area contributed by atoms with Crippen molar-refractivity contribution in [1.82, 2.24) is 10.2 Å². The minimum absolute atomic E-state index is 0.0485. The molecule has 0 fully saturated rings. The molecule has 0 aliphatic carbocycles. The molecule has 2 amide bonds. The Labute approximate surface area is 180 Å². The number of nitrogens with zero attached hydrogens (tertiary/aromatic N) is 1. The maximum absolute atomic E-state index is 13.3. The molecule has 0 bridgehead atoms. The summed E-state index contributed by atoms with van der Waals surface area (Å²) in [6, 6.07) is 13.2. The number of aryl methyl sites for hydroxylation is 2. The number of carbonyl (C=O) groups excluding carboxylic acids is 2. The molecule has 162 valence electrons. The van der Waals surface area contributed by atoms with E-state index in [2.05, 4.69) is 18.3 Å². The van der Waals surface area contributed by atoms with Gasteiger partial charge in [-0.3, -0.25) is 9.59 Å². The lowest BCUT2D eigenvalue weighted by Crippen LogP contribution is -2.49. The number of rotatable bonds is 10. The molecule has 0 unspecified atom stereocenters. The first-order valence-electron chi connectivity index (χ1n) is 10.7. The van der Waals surface area contributed by atoms with Gasteiger partial charge in [0.15, 0.2) is 0 Å². The first-order chi connectivity index (χ1) is 14.4. The quantitative estimate of drug-likeness (QED) is 0.639.